The maximum absolute atomic E-state index is 12.0. The Labute approximate surface area is 141 Å². The average Bonchev–Trinajstić information content (AvgIpc) is 3.05. The highest BCUT2D eigenvalue weighted by molar-refractivity contribution is 7.99. The summed E-state index contributed by atoms with van der Waals surface area (Å²) in [4.78, 5) is 16.7. The molecule has 0 bridgehead atoms. The van der Waals surface area contributed by atoms with Gasteiger partial charge in [0.1, 0.15) is 0 Å². The van der Waals surface area contributed by atoms with E-state index in [2.05, 4.69) is 43.4 Å². The van der Waals surface area contributed by atoms with Crippen LogP contribution < -0.4 is 5.32 Å². The van der Waals surface area contributed by atoms with Crippen LogP contribution in [-0.2, 0) is 9.53 Å². The van der Waals surface area contributed by atoms with E-state index in [0.717, 1.165) is 35.6 Å². The molecule has 1 saturated heterocycles. The Balaban J connectivity index is 1.60. The van der Waals surface area contributed by atoms with Crippen molar-refractivity contribution in [3.8, 4) is 0 Å². The summed E-state index contributed by atoms with van der Waals surface area (Å²) in [7, 11) is 0. The number of para-hydroxylation sites is 1. The molecule has 1 N–H and O–H groups in total. The number of ether oxygens (including phenoxy) is 1. The molecule has 4 nitrogen and oxygen atoms in total. The number of nitrogens with one attached hydrogen (secondary N) is 1. The number of carbonyl (C=O) groups is 1. The smallest absolute Gasteiger partial charge is 0.230 e. The number of benzene rings is 1. The van der Waals surface area contributed by atoms with E-state index >= 15 is 0 Å². The second kappa shape index (κ2) is 7.32. The predicted octanol–water partition coefficient (Wildman–Crippen LogP) is 3.24. The van der Waals surface area contributed by atoms with Crippen molar-refractivity contribution in [3.63, 3.8) is 0 Å². The molecule has 3 rings (SSSR count). The molecule has 1 fully saturated rings. The molecule has 1 aromatic carbocycles. The normalized spacial score (nSPS) is 17.6. The van der Waals surface area contributed by atoms with Crippen molar-refractivity contribution in [2.24, 2.45) is 0 Å². The van der Waals surface area contributed by atoms with Gasteiger partial charge in [0.25, 0.3) is 0 Å². The van der Waals surface area contributed by atoms with Gasteiger partial charge in [-0.25, -0.2) is 4.98 Å². The number of amides is 1. The maximum atomic E-state index is 12.0. The van der Waals surface area contributed by atoms with Crippen LogP contribution in [0.5, 0.6) is 0 Å². The third-order valence-corrected chi connectivity index (χ3v) is 5.04. The van der Waals surface area contributed by atoms with Gasteiger partial charge in [0.2, 0.25) is 5.91 Å². The lowest BCUT2D eigenvalue weighted by Crippen LogP contribution is -2.32. The van der Waals surface area contributed by atoms with Gasteiger partial charge < -0.3 is 10.1 Å². The fourth-order valence-electron chi connectivity index (χ4n) is 2.83. The van der Waals surface area contributed by atoms with Crippen molar-refractivity contribution in [1.82, 2.24) is 10.3 Å². The molecule has 0 unspecified atom stereocenters. The number of hydrogen-bond donors (Lipinski definition) is 1. The van der Waals surface area contributed by atoms with Gasteiger partial charge in [-0.05, 0) is 43.9 Å². The first-order valence-corrected chi connectivity index (χ1v) is 9.00. The Kier molecular flexibility index (Phi) is 5.18. The van der Waals surface area contributed by atoms with Gasteiger partial charge in [0.05, 0.1) is 22.4 Å². The number of aromatic nitrogens is 1. The van der Waals surface area contributed by atoms with Crippen molar-refractivity contribution in [1.29, 1.82) is 0 Å². The van der Waals surface area contributed by atoms with E-state index in [4.69, 9.17) is 9.72 Å². The molecule has 0 spiro atoms. The zero-order valence-electron chi connectivity index (χ0n) is 13.6. The Morgan fingerprint density at radius 3 is 3.04 bits per heavy atom. The number of aryl methyl sites for hydroxylation is 2. The third-order valence-electron chi connectivity index (χ3n) is 4.13. The van der Waals surface area contributed by atoms with Gasteiger partial charge in [0, 0.05) is 18.5 Å². The van der Waals surface area contributed by atoms with Crippen molar-refractivity contribution >= 4 is 28.6 Å². The molecular formula is C18H22N2O2S. The summed E-state index contributed by atoms with van der Waals surface area (Å²) in [6, 6.07) is 8.27. The summed E-state index contributed by atoms with van der Waals surface area (Å²) in [6.07, 6.45) is 2.32. The van der Waals surface area contributed by atoms with Crippen molar-refractivity contribution < 1.29 is 9.53 Å². The molecule has 2 aromatic rings. The second-order valence-electron chi connectivity index (χ2n) is 5.98. The number of nitrogens with zero attached hydrogens (tertiary/aromatic N) is 1. The Hall–Kier alpha value is -1.59. The van der Waals surface area contributed by atoms with Gasteiger partial charge in [-0.1, -0.05) is 30.0 Å². The highest BCUT2D eigenvalue weighted by Crippen LogP contribution is 2.25. The molecule has 0 radical (unpaired) electrons. The van der Waals surface area contributed by atoms with Gasteiger partial charge in [-0.2, -0.15) is 0 Å². The van der Waals surface area contributed by atoms with Gasteiger partial charge >= 0.3 is 0 Å². The summed E-state index contributed by atoms with van der Waals surface area (Å²) in [5, 5.41) is 5.02. The van der Waals surface area contributed by atoms with Crippen LogP contribution in [0.1, 0.15) is 24.0 Å². The zero-order chi connectivity index (χ0) is 16.2. The lowest BCUT2D eigenvalue weighted by molar-refractivity contribution is -0.119. The quantitative estimate of drug-likeness (QED) is 0.855. The summed E-state index contributed by atoms with van der Waals surface area (Å²) in [5.74, 6) is 0.422. The number of pyridine rings is 1. The van der Waals surface area contributed by atoms with Crippen molar-refractivity contribution in [2.75, 3.05) is 18.9 Å². The van der Waals surface area contributed by atoms with Crippen molar-refractivity contribution in [3.05, 3.63) is 35.4 Å². The lowest BCUT2D eigenvalue weighted by Gasteiger charge is -2.11. The topological polar surface area (TPSA) is 51.2 Å². The van der Waals surface area contributed by atoms with E-state index in [1.807, 2.05) is 0 Å². The van der Waals surface area contributed by atoms with Crippen LogP contribution >= 0.6 is 11.8 Å². The number of hydrogen-bond acceptors (Lipinski definition) is 4. The summed E-state index contributed by atoms with van der Waals surface area (Å²) in [5.41, 5.74) is 3.38. The molecule has 1 aromatic heterocycles. The molecule has 2 heterocycles. The Morgan fingerprint density at radius 2 is 2.26 bits per heavy atom. The summed E-state index contributed by atoms with van der Waals surface area (Å²) < 4.78 is 5.51. The standard InChI is InChI=1S/C18H22N2O2S/c1-12-5-3-7-15-13(2)9-17(20-18(12)15)23-11-16(21)19-10-14-6-4-8-22-14/h3,5,7,9,14H,4,6,8,10-11H2,1-2H3,(H,19,21)/t14-/m0/s1. The highest BCUT2D eigenvalue weighted by Gasteiger charge is 2.16. The Bertz CT molecular complexity index is 711. The molecule has 1 aliphatic rings. The van der Waals surface area contributed by atoms with Crippen LogP contribution in [0, 0.1) is 13.8 Å². The van der Waals surface area contributed by atoms with Gasteiger partial charge in [-0.3, -0.25) is 4.79 Å². The van der Waals surface area contributed by atoms with Crippen LogP contribution in [0.3, 0.4) is 0 Å². The first-order chi connectivity index (χ1) is 11.1. The SMILES string of the molecule is Cc1cc(SCC(=O)NC[C@@H]2CCCO2)nc2c(C)cccc12. The molecule has 122 valence electrons. The van der Waals surface area contributed by atoms with E-state index < -0.39 is 0 Å². The average molecular weight is 330 g/mol. The monoisotopic (exact) mass is 330 g/mol. The Morgan fingerprint density at radius 1 is 1.39 bits per heavy atom. The molecule has 1 aliphatic heterocycles. The molecule has 23 heavy (non-hydrogen) atoms. The van der Waals surface area contributed by atoms with Gasteiger partial charge in [0.15, 0.2) is 0 Å². The third kappa shape index (κ3) is 4.03. The zero-order valence-corrected chi connectivity index (χ0v) is 14.4. The number of thioether (sulfide) groups is 1. The minimum absolute atomic E-state index is 0.0369. The number of fused-ring (bicyclic) bond motifs is 1. The van der Waals surface area contributed by atoms with Crippen LogP contribution in [0.25, 0.3) is 10.9 Å². The first kappa shape index (κ1) is 16.3. The first-order valence-electron chi connectivity index (χ1n) is 8.01. The molecule has 0 aliphatic carbocycles. The summed E-state index contributed by atoms with van der Waals surface area (Å²) >= 11 is 1.48. The van der Waals surface area contributed by atoms with E-state index in [-0.39, 0.29) is 12.0 Å². The molecule has 1 atom stereocenters. The predicted molar refractivity (Wildman–Crippen MR) is 93.9 cm³/mol. The van der Waals surface area contributed by atoms with Crippen LogP contribution in [0.4, 0.5) is 0 Å². The van der Waals surface area contributed by atoms with Crippen LogP contribution in [0.15, 0.2) is 29.3 Å². The van der Waals surface area contributed by atoms with Crippen molar-refractivity contribution in [2.45, 2.75) is 37.8 Å². The highest BCUT2D eigenvalue weighted by atomic mass is 32.2. The molecule has 0 saturated carbocycles. The van der Waals surface area contributed by atoms with Crippen LogP contribution in [0.2, 0.25) is 0 Å². The minimum atomic E-state index is 0.0369. The fourth-order valence-corrected chi connectivity index (χ4v) is 3.63. The number of rotatable bonds is 5. The molecule has 5 heteroatoms. The fraction of sp³-hybridized carbons (Fsp3) is 0.444. The summed E-state index contributed by atoms with van der Waals surface area (Å²) in [6.45, 7) is 5.58. The van der Waals surface area contributed by atoms with E-state index in [0.29, 0.717) is 12.3 Å². The number of carbonyl (C=O) groups excluding carboxylic acids is 1. The largest absolute Gasteiger partial charge is 0.376 e. The van der Waals surface area contributed by atoms with E-state index in [1.54, 1.807) is 0 Å². The van der Waals surface area contributed by atoms with Crippen LogP contribution in [-0.4, -0.2) is 35.9 Å². The van der Waals surface area contributed by atoms with E-state index in [9.17, 15) is 4.79 Å². The second-order valence-corrected chi connectivity index (χ2v) is 6.97. The lowest BCUT2D eigenvalue weighted by atomic mass is 10.1. The minimum Gasteiger partial charge on any atom is -0.376 e. The van der Waals surface area contributed by atoms with E-state index in [1.165, 1.54) is 22.7 Å². The molecule has 1 amide bonds. The maximum Gasteiger partial charge on any atom is 0.230 e. The molecular weight excluding hydrogens is 308 g/mol. The van der Waals surface area contributed by atoms with Gasteiger partial charge in [-0.15, -0.1) is 0 Å².